The van der Waals surface area contributed by atoms with Crippen LogP contribution in [0.15, 0.2) is 35.4 Å². The third-order valence-electron chi connectivity index (χ3n) is 5.73. The average Bonchev–Trinajstić information content (AvgIpc) is 2.94. The van der Waals surface area contributed by atoms with Crippen LogP contribution in [-0.4, -0.2) is 52.6 Å². The van der Waals surface area contributed by atoms with E-state index in [1.807, 2.05) is 6.07 Å². The molecule has 4 rings (SSSR count). The molecule has 28 heavy (non-hydrogen) atoms. The number of piperidine rings is 1. The summed E-state index contributed by atoms with van der Waals surface area (Å²) < 4.78 is 27.0. The lowest BCUT2D eigenvalue weighted by molar-refractivity contribution is -0.122. The van der Waals surface area contributed by atoms with Crippen LogP contribution in [0.3, 0.4) is 0 Å². The van der Waals surface area contributed by atoms with Gasteiger partial charge in [0, 0.05) is 31.1 Å². The summed E-state index contributed by atoms with van der Waals surface area (Å²) in [6.45, 7) is 0.261. The maximum Gasteiger partial charge on any atom is 0.261 e. The normalized spacial score (nSPS) is 25.1. The SMILES string of the molecule is CS(=O)(=O)N1C2CCC1CC(NC(=O)CCn1cnc3ccccc3c1=O)C2. The van der Waals surface area contributed by atoms with Gasteiger partial charge in [0.05, 0.1) is 23.5 Å². The number of sulfonamides is 1. The molecule has 2 aliphatic heterocycles. The van der Waals surface area contributed by atoms with E-state index < -0.39 is 10.0 Å². The molecule has 0 spiro atoms. The lowest BCUT2D eigenvalue weighted by Crippen LogP contribution is -2.52. The van der Waals surface area contributed by atoms with Gasteiger partial charge in [-0.1, -0.05) is 12.1 Å². The Morgan fingerprint density at radius 3 is 2.57 bits per heavy atom. The van der Waals surface area contributed by atoms with Gasteiger partial charge < -0.3 is 5.32 Å². The maximum atomic E-state index is 12.5. The van der Waals surface area contributed by atoms with E-state index >= 15 is 0 Å². The lowest BCUT2D eigenvalue weighted by Gasteiger charge is -2.37. The van der Waals surface area contributed by atoms with E-state index in [0.29, 0.717) is 23.7 Å². The van der Waals surface area contributed by atoms with Gasteiger partial charge in [-0.25, -0.2) is 13.4 Å². The largest absolute Gasteiger partial charge is 0.353 e. The molecule has 0 radical (unpaired) electrons. The van der Waals surface area contributed by atoms with Crippen LogP contribution in [0.2, 0.25) is 0 Å². The van der Waals surface area contributed by atoms with Crippen molar-refractivity contribution in [3.63, 3.8) is 0 Å². The summed E-state index contributed by atoms with van der Waals surface area (Å²) in [7, 11) is -3.21. The molecule has 1 aromatic carbocycles. The Kier molecular flexibility index (Phi) is 4.96. The second-order valence-corrected chi connectivity index (χ2v) is 9.61. The highest BCUT2D eigenvalue weighted by molar-refractivity contribution is 7.88. The Morgan fingerprint density at radius 2 is 1.89 bits per heavy atom. The molecule has 2 saturated heterocycles. The molecular formula is C19H24N4O4S. The molecule has 2 bridgehead atoms. The van der Waals surface area contributed by atoms with Gasteiger partial charge in [0.1, 0.15) is 0 Å². The molecule has 2 atom stereocenters. The minimum absolute atomic E-state index is 0.0190. The molecule has 1 N–H and O–H groups in total. The van der Waals surface area contributed by atoms with Gasteiger partial charge in [0.2, 0.25) is 15.9 Å². The number of hydrogen-bond acceptors (Lipinski definition) is 5. The number of carbonyl (C=O) groups excluding carboxylic acids is 1. The first kappa shape index (κ1) is 19.1. The van der Waals surface area contributed by atoms with Crippen molar-refractivity contribution in [2.45, 2.75) is 56.8 Å². The molecule has 150 valence electrons. The molecule has 2 aliphatic rings. The van der Waals surface area contributed by atoms with Crippen LogP contribution in [0.1, 0.15) is 32.1 Å². The van der Waals surface area contributed by atoms with Crippen molar-refractivity contribution < 1.29 is 13.2 Å². The van der Waals surface area contributed by atoms with Crippen LogP contribution in [-0.2, 0) is 21.4 Å². The topological polar surface area (TPSA) is 101 Å². The fraction of sp³-hybridized carbons (Fsp3) is 0.526. The summed E-state index contributed by atoms with van der Waals surface area (Å²) in [5.74, 6) is -0.128. The number of nitrogens with one attached hydrogen (secondary N) is 1. The van der Waals surface area contributed by atoms with Crippen LogP contribution < -0.4 is 10.9 Å². The molecular weight excluding hydrogens is 380 g/mol. The highest BCUT2D eigenvalue weighted by Gasteiger charge is 2.45. The third kappa shape index (κ3) is 3.68. The van der Waals surface area contributed by atoms with Gasteiger partial charge >= 0.3 is 0 Å². The predicted octanol–water partition coefficient (Wildman–Crippen LogP) is 0.858. The summed E-state index contributed by atoms with van der Waals surface area (Å²) in [6, 6.07) is 7.07. The number of aromatic nitrogens is 2. The second-order valence-electron chi connectivity index (χ2n) is 7.72. The first-order valence-corrected chi connectivity index (χ1v) is 11.4. The fourth-order valence-corrected chi connectivity index (χ4v) is 6.05. The van der Waals surface area contributed by atoms with Crippen molar-refractivity contribution in [3.8, 4) is 0 Å². The molecule has 1 amide bonds. The molecule has 2 fully saturated rings. The van der Waals surface area contributed by atoms with E-state index in [2.05, 4.69) is 10.3 Å². The summed E-state index contributed by atoms with van der Waals surface area (Å²) >= 11 is 0. The predicted molar refractivity (Wildman–Crippen MR) is 105 cm³/mol. The number of benzene rings is 1. The standard InChI is InChI=1S/C19H24N4O4S/c1-28(26,27)23-14-6-7-15(23)11-13(10-14)21-18(24)8-9-22-12-20-17-5-3-2-4-16(17)19(22)25/h2-5,12-15H,6-11H2,1H3,(H,21,24). The molecule has 0 aliphatic carbocycles. The Bertz CT molecular complexity index is 1050. The van der Waals surface area contributed by atoms with Crippen molar-refractivity contribution in [3.05, 3.63) is 40.9 Å². The molecule has 2 unspecified atom stereocenters. The van der Waals surface area contributed by atoms with Gasteiger partial charge in [-0.3, -0.25) is 14.2 Å². The minimum Gasteiger partial charge on any atom is -0.353 e. The van der Waals surface area contributed by atoms with E-state index in [4.69, 9.17) is 0 Å². The monoisotopic (exact) mass is 404 g/mol. The van der Waals surface area contributed by atoms with Gasteiger partial charge in [-0.15, -0.1) is 0 Å². The Balaban J connectivity index is 1.36. The minimum atomic E-state index is -3.21. The summed E-state index contributed by atoms with van der Waals surface area (Å²) in [6.07, 6.45) is 5.90. The molecule has 8 nitrogen and oxygen atoms in total. The van der Waals surface area contributed by atoms with E-state index in [-0.39, 0.29) is 42.6 Å². The number of amides is 1. The lowest BCUT2D eigenvalue weighted by atomic mass is 9.99. The summed E-state index contributed by atoms with van der Waals surface area (Å²) in [4.78, 5) is 29.1. The van der Waals surface area contributed by atoms with Crippen molar-refractivity contribution in [1.82, 2.24) is 19.2 Å². The summed E-state index contributed by atoms with van der Waals surface area (Å²) in [5, 5.41) is 3.56. The molecule has 3 heterocycles. The average molecular weight is 404 g/mol. The van der Waals surface area contributed by atoms with Gasteiger partial charge in [-0.2, -0.15) is 4.31 Å². The molecule has 1 aromatic heterocycles. The number of fused-ring (bicyclic) bond motifs is 3. The second kappa shape index (κ2) is 7.29. The van der Waals surface area contributed by atoms with Gasteiger partial charge in [0.15, 0.2) is 0 Å². The molecule has 2 aromatic rings. The number of rotatable bonds is 5. The van der Waals surface area contributed by atoms with Gasteiger partial charge in [-0.05, 0) is 37.8 Å². The van der Waals surface area contributed by atoms with Crippen molar-refractivity contribution in [2.24, 2.45) is 0 Å². The van der Waals surface area contributed by atoms with Crippen LogP contribution >= 0.6 is 0 Å². The first-order chi connectivity index (χ1) is 13.3. The quantitative estimate of drug-likeness (QED) is 0.796. The first-order valence-electron chi connectivity index (χ1n) is 9.55. The van der Waals surface area contributed by atoms with Crippen molar-refractivity contribution >= 4 is 26.8 Å². The molecule has 9 heteroatoms. The zero-order valence-electron chi connectivity index (χ0n) is 15.7. The number of hydrogen-bond donors (Lipinski definition) is 1. The molecule has 0 saturated carbocycles. The van der Waals surface area contributed by atoms with Crippen molar-refractivity contribution in [1.29, 1.82) is 0 Å². The highest BCUT2D eigenvalue weighted by Crippen LogP contribution is 2.37. The van der Waals surface area contributed by atoms with Crippen LogP contribution in [0, 0.1) is 0 Å². The van der Waals surface area contributed by atoms with E-state index in [1.165, 1.54) is 17.2 Å². The number of nitrogens with zero attached hydrogens (tertiary/aromatic N) is 3. The van der Waals surface area contributed by atoms with Crippen LogP contribution in [0.4, 0.5) is 0 Å². The van der Waals surface area contributed by atoms with E-state index in [0.717, 1.165) is 12.8 Å². The number of para-hydroxylation sites is 1. The fourth-order valence-electron chi connectivity index (χ4n) is 4.58. The van der Waals surface area contributed by atoms with Crippen LogP contribution in [0.25, 0.3) is 10.9 Å². The number of aryl methyl sites for hydroxylation is 1. The van der Waals surface area contributed by atoms with Crippen molar-refractivity contribution in [2.75, 3.05) is 6.26 Å². The van der Waals surface area contributed by atoms with E-state index in [1.54, 1.807) is 22.5 Å². The zero-order valence-corrected chi connectivity index (χ0v) is 16.6. The number of carbonyl (C=O) groups is 1. The third-order valence-corrected chi connectivity index (χ3v) is 7.09. The zero-order chi connectivity index (χ0) is 19.9. The Morgan fingerprint density at radius 1 is 1.21 bits per heavy atom. The maximum absolute atomic E-state index is 12.5. The smallest absolute Gasteiger partial charge is 0.261 e. The summed E-state index contributed by atoms with van der Waals surface area (Å²) in [5.41, 5.74) is 0.485. The van der Waals surface area contributed by atoms with Gasteiger partial charge in [0.25, 0.3) is 5.56 Å². The van der Waals surface area contributed by atoms with Crippen LogP contribution in [0.5, 0.6) is 0 Å². The Hall–Kier alpha value is -2.26. The van der Waals surface area contributed by atoms with E-state index in [9.17, 15) is 18.0 Å². The highest BCUT2D eigenvalue weighted by atomic mass is 32.2. The Labute approximate surface area is 163 Å².